The third-order valence-corrected chi connectivity index (χ3v) is 4.31. The van der Waals surface area contributed by atoms with Gasteiger partial charge in [-0.1, -0.05) is 6.92 Å². The first kappa shape index (κ1) is 13.3. The third kappa shape index (κ3) is 2.24. The molecule has 4 rings (SSSR count). The van der Waals surface area contributed by atoms with Crippen LogP contribution in [-0.2, 0) is 13.5 Å². The number of nitrogens with one attached hydrogen (secondary N) is 1. The van der Waals surface area contributed by atoms with Crippen molar-refractivity contribution in [2.45, 2.75) is 32.2 Å². The zero-order chi connectivity index (χ0) is 15.1. The van der Waals surface area contributed by atoms with E-state index in [4.69, 9.17) is 0 Å². The van der Waals surface area contributed by atoms with E-state index in [1.54, 1.807) is 6.20 Å². The summed E-state index contributed by atoms with van der Waals surface area (Å²) < 4.78 is 3.97. The van der Waals surface area contributed by atoms with E-state index in [9.17, 15) is 0 Å². The monoisotopic (exact) mass is 296 g/mol. The number of nitrogens with zero attached hydrogens (tertiary/aromatic N) is 5. The Morgan fingerprint density at radius 1 is 1.36 bits per heavy atom. The highest BCUT2D eigenvalue weighted by Crippen LogP contribution is 2.42. The number of fused-ring (bicyclic) bond motifs is 1. The van der Waals surface area contributed by atoms with Crippen molar-refractivity contribution >= 4 is 11.5 Å². The molecule has 0 aromatic carbocycles. The van der Waals surface area contributed by atoms with Gasteiger partial charge in [-0.15, -0.1) is 0 Å². The van der Waals surface area contributed by atoms with Crippen molar-refractivity contribution in [2.24, 2.45) is 13.0 Å². The Labute approximate surface area is 129 Å². The van der Waals surface area contributed by atoms with Gasteiger partial charge in [-0.05, 0) is 25.2 Å². The molecule has 6 heteroatoms. The number of rotatable bonds is 5. The molecule has 1 aliphatic rings. The van der Waals surface area contributed by atoms with Gasteiger partial charge in [0.25, 0.3) is 0 Å². The summed E-state index contributed by atoms with van der Waals surface area (Å²) >= 11 is 0. The number of hydrogen-bond acceptors (Lipinski definition) is 4. The summed E-state index contributed by atoms with van der Waals surface area (Å²) in [6.07, 6.45) is 9.06. The Hall–Kier alpha value is -2.37. The van der Waals surface area contributed by atoms with Gasteiger partial charge in [0.05, 0.1) is 12.2 Å². The van der Waals surface area contributed by atoms with Gasteiger partial charge in [0.1, 0.15) is 11.6 Å². The fourth-order valence-corrected chi connectivity index (χ4v) is 2.91. The zero-order valence-electron chi connectivity index (χ0n) is 12.9. The fraction of sp³-hybridized carbons (Fsp3) is 0.438. The van der Waals surface area contributed by atoms with Crippen molar-refractivity contribution in [1.82, 2.24) is 24.1 Å². The Kier molecular flexibility index (Phi) is 3.10. The van der Waals surface area contributed by atoms with Crippen LogP contribution in [0, 0.1) is 5.92 Å². The van der Waals surface area contributed by atoms with E-state index in [2.05, 4.69) is 37.9 Å². The van der Waals surface area contributed by atoms with E-state index >= 15 is 0 Å². The molecule has 6 nitrogen and oxygen atoms in total. The third-order valence-electron chi connectivity index (χ3n) is 4.31. The Morgan fingerprint density at radius 3 is 2.91 bits per heavy atom. The average molecular weight is 296 g/mol. The summed E-state index contributed by atoms with van der Waals surface area (Å²) in [4.78, 5) is 9.14. The maximum absolute atomic E-state index is 4.60. The van der Waals surface area contributed by atoms with E-state index in [0.29, 0.717) is 5.92 Å². The highest BCUT2D eigenvalue weighted by Gasteiger charge is 2.35. The first-order chi connectivity index (χ1) is 10.8. The normalized spacial score (nSPS) is 16.1. The maximum atomic E-state index is 4.60. The molecule has 0 amide bonds. The van der Waals surface area contributed by atoms with Crippen molar-refractivity contribution in [1.29, 1.82) is 0 Å². The summed E-state index contributed by atoms with van der Waals surface area (Å²) in [5.74, 6) is 2.72. The summed E-state index contributed by atoms with van der Waals surface area (Å²) in [5, 5.41) is 8.06. The van der Waals surface area contributed by atoms with Crippen LogP contribution in [0.1, 0.15) is 37.3 Å². The predicted molar refractivity (Wildman–Crippen MR) is 84.7 cm³/mol. The topological polar surface area (TPSA) is 60.0 Å². The van der Waals surface area contributed by atoms with Crippen molar-refractivity contribution in [3.8, 4) is 0 Å². The second-order valence-electron chi connectivity index (χ2n) is 5.94. The molecule has 1 atom stereocenters. The summed E-state index contributed by atoms with van der Waals surface area (Å²) in [7, 11) is 2.05. The molecule has 0 spiro atoms. The Balaban J connectivity index is 1.75. The molecule has 114 valence electrons. The molecule has 1 aliphatic carbocycles. The van der Waals surface area contributed by atoms with E-state index in [0.717, 1.165) is 29.4 Å². The molecule has 0 radical (unpaired) electrons. The molecular weight excluding hydrogens is 276 g/mol. The van der Waals surface area contributed by atoms with Crippen molar-refractivity contribution < 1.29 is 0 Å². The van der Waals surface area contributed by atoms with Gasteiger partial charge >= 0.3 is 0 Å². The molecule has 1 saturated carbocycles. The van der Waals surface area contributed by atoms with E-state index in [1.165, 1.54) is 12.8 Å². The molecule has 3 heterocycles. The highest BCUT2D eigenvalue weighted by atomic mass is 15.3. The number of anilines is 1. The first-order valence-corrected chi connectivity index (χ1v) is 7.83. The quantitative estimate of drug-likeness (QED) is 0.786. The molecule has 0 saturated heterocycles. The number of imidazole rings is 1. The van der Waals surface area contributed by atoms with Crippen molar-refractivity contribution in [3.05, 3.63) is 42.2 Å². The number of aromatic nitrogens is 5. The lowest BCUT2D eigenvalue weighted by molar-refractivity contribution is 0.601. The molecule has 0 bridgehead atoms. The van der Waals surface area contributed by atoms with Crippen LogP contribution in [0.25, 0.3) is 5.65 Å². The second-order valence-corrected chi connectivity index (χ2v) is 5.94. The lowest BCUT2D eigenvalue weighted by atomic mass is 10.1. The van der Waals surface area contributed by atoms with Crippen molar-refractivity contribution in [2.75, 3.05) is 5.32 Å². The van der Waals surface area contributed by atoms with Gasteiger partial charge in [-0.3, -0.25) is 0 Å². The van der Waals surface area contributed by atoms with E-state index in [1.807, 2.05) is 30.0 Å². The van der Waals surface area contributed by atoms with Gasteiger partial charge in [-0.2, -0.15) is 9.61 Å². The summed E-state index contributed by atoms with van der Waals surface area (Å²) in [5.41, 5.74) is 1.96. The van der Waals surface area contributed by atoms with E-state index in [-0.39, 0.29) is 6.04 Å². The lowest BCUT2D eigenvalue weighted by Crippen LogP contribution is -2.19. The molecule has 3 aromatic heterocycles. The Bertz CT molecular complexity index is 798. The largest absolute Gasteiger partial charge is 0.360 e. The maximum Gasteiger partial charge on any atom is 0.157 e. The molecule has 1 unspecified atom stereocenters. The molecule has 1 N–H and O–H groups in total. The first-order valence-electron chi connectivity index (χ1n) is 7.83. The zero-order valence-corrected chi connectivity index (χ0v) is 12.9. The van der Waals surface area contributed by atoms with Gasteiger partial charge in [-0.25, -0.2) is 9.97 Å². The van der Waals surface area contributed by atoms with Crippen LogP contribution in [0.15, 0.2) is 30.7 Å². The van der Waals surface area contributed by atoms with Crippen LogP contribution in [0.3, 0.4) is 0 Å². The van der Waals surface area contributed by atoms with Gasteiger partial charge in [0.15, 0.2) is 5.65 Å². The highest BCUT2D eigenvalue weighted by molar-refractivity contribution is 5.50. The van der Waals surface area contributed by atoms with Crippen LogP contribution in [0.4, 0.5) is 5.82 Å². The summed E-state index contributed by atoms with van der Waals surface area (Å²) in [6, 6.07) is 4.26. The molecule has 0 aliphatic heterocycles. The van der Waals surface area contributed by atoms with Crippen LogP contribution < -0.4 is 5.32 Å². The SMILES string of the molecule is CCc1cc(NC(c2nccn2C)C2CC2)n2nccc2n1. The lowest BCUT2D eigenvalue weighted by Gasteiger charge is -2.20. The van der Waals surface area contributed by atoms with Crippen LogP contribution in [0.2, 0.25) is 0 Å². The molecule has 22 heavy (non-hydrogen) atoms. The number of hydrogen-bond donors (Lipinski definition) is 1. The fourth-order valence-electron chi connectivity index (χ4n) is 2.91. The predicted octanol–water partition coefficient (Wildman–Crippen LogP) is 2.59. The second kappa shape index (κ2) is 5.12. The molecule has 1 fully saturated rings. The summed E-state index contributed by atoms with van der Waals surface area (Å²) in [6.45, 7) is 2.12. The minimum Gasteiger partial charge on any atom is -0.360 e. The minimum absolute atomic E-state index is 0.222. The van der Waals surface area contributed by atoms with Crippen LogP contribution in [-0.4, -0.2) is 24.1 Å². The smallest absolute Gasteiger partial charge is 0.157 e. The van der Waals surface area contributed by atoms with Crippen LogP contribution in [0.5, 0.6) is 0 Å². The standard InChI is InChI=1S/C16H20N6/c1-3-12-10-14(22-13(19-12)6-7-18-22)20-15(11-4-5-11)16-17-8-9-21(16)2/h6-11,15,20H,3-5H2,1-2H3. The Morgan fingerprint density at radius 2 is 2.23 bits per heavy atom. The number of aryl methyl sites for hydroxylation is 2. The molecule has 3 aromatic rings. The van der Waals surface area contributed by atoms with Crippen LogP contribution >= 0.6 is 0 Å². The average Bonchev–Trinajstić information content (AvgIpc) is 3.10. The van der Waals surface area contributed by atoms with Gasteiger partial charge in [0, 0.05) is 37.3 Å². The van der Waals surface area contributed by atoms with E-state index < -0.39 is 0 Å². The molecular formula is C16H20N6. The van der Waals surface area contributed by atoms with Crippen molar-refractivity contribution in [3.63, 3.8) is 0 Å². The minimum atomic E-state index is 0.222. The van der Waals surface area contributed by atoms with Gasteiger partial charge < -0.3 is 9.88 Å². The van der Waals surface area contributed by atoms with Gasteiger partial charge in [0.2, 0.25) is 0 Å².